The Morgan fingerprint density at radius 2 is 2.27 bits per heavy atom. The molecule has 0 N–H and O–H groups in total. The van der Waals surface area contributed by atoms with E-state index in [4.69, 9.17) is 0 Å². The lowest BCUT2D eigenvalue weighted by Crippen LogP contribution is -2.08. The zero-order chi connectivity index (χ0) is 8.53. The van der Waals surface area contributed by atoms with Crippen LogP contribution in [0.15, 0.2) is 0 Å². The molecule has 0 saturated heterocycles. The van der Waals surface area contributed by atoms with Gasteiger partial charge in [-0.05, 0) is 12.3 Å². The molecule has 0 aromatic rings. The predicted octanol–water partition coefficient (Wildman–Crippen LogP) is 0.530. The molecule has 0 aliphatic rings. The monoisotopic (exact) mass is 154 g/mol. The first-order chi connectivity index (χ1) is 5.35. The van der Waals surface area contributed by atoms with Gasteiger partial charge < -0.3 is 4.74 Å². The molecule has 0 bridgehead atoms. The second kappa shape index (κ2) is 6.81. The molecule has 0 radical (unpaired) electrons. The van der Waals surface area contributed by atoms with Gasteiger partial charge >= 0.3 is 0 Å². The number of carbonyl (C=O) groups excluding carboxylic acids is 2. The third kappa shape index (κ3) is 5.16. The molecule has 0 saturated carbocycles. The van der Waals surface area contributed by atoms with Gasteiger partial charge in [0.1, 0.15) is 0 Å². The van der Waals surface area contributed by atoms with Crippen LogP contribution < -0.4 is 0 Å². The van der Waals surface area contributed by atoms with Crippen molar-refractivity contribution in [3.63, 3.8) is 0 Å². The van der Waals surface area contributed by atoms with Gasteiger partial charge in [0.15, 0.2) is 12.4 Å². The molecule has 3 nitrogen and oxygen atoms in total. The Hall–Kier alpha value is -1.30. The second-order valence-corrected chi connectivity index (χ2v) is 1.92. The van der Waals surface area contributed by atoms with Crippen molar-refractivity contribution in [3.05, 3.63) is 0 Å². The normalized spacial score (nSPS) is 10.6. The van der Waals surface area contributed by atoms with E-state index in [0.717, 1.165) is 6.42 Å². The highest BCUT2D eigenvalue weighted by molar-refractivity contribution is 5.72. The quantitative estimate of drug-likeness (QED) is 0.438. The van der Waals surface area contributed by atoms with Crippen LogP contribution in [-0.4, -0.2) is 18.9 Å². The third-order valence-electron chi connectivity index (χ3n) is 1.07. The summed E-state index contributed by atoms with van der Waals surface area (Å²) in [5.41, 5.74) is 0. The third-order valence-corrected chi connectivity index (χ3v) is 1.07. The Morgan fingerprint density at radius 1 is 1.55 bits per heavy atom. The molecule has 3 heteroatoms. The van der Waals surface area contributed by atoms with Gasteiger partial charge in [0.2, 0.25) is 0 Å². The summed E-state index contributed by atoms with van der Waals surface area (Å²) >= 11 is 0. The molecule has 0 aromatic carbocycles. The summed E-state index contributed by atoms with van der Waals surface area (Å²) in [5, 5.41) is 0. The van der Waals surface area contributed by atoms with Crippen molar-refractivity contribution < 1.29 is 14.3 Å². The van der Waals surface area contributed by atoms with E-state index in [1.165, 1.54) is 0 Å². The number of hydrogen-bond acceptors (Lipinski definition) is 3. The van der Waals surface area contributed by atoms with Gasteiger partial charge in [-0.2, -0.15) is 0 Å². The van der Waals surface area contributed by atoms with Crippen LogP contribution in [0.25, 0.3) is 0 Å². The summed E-state index contributed by atoms with van der Waals surface area (Å²) in [4.78, 5) is 19.7. The van der Waals surface area contributed by atoms with Crippen LogP contribution in [0, 0.1) is 11.8 Å². The Balaban J connectivity index is 3.86. The van der Waals surface area contributed by atoms with Crippen LogP contribution in [0.3, 0.4) is 0 Å². The Labute approximate surface area is 65.7 Å². The fourth-order valence-electron chi connectivity index (χ4n) is 0.630. The fraction of sp³-hybridized carbons (Fsp3) is 0.500. The summed E-state index contributed by atoms with van der Waals surface area (Å²) in [6, 6.07) is 0. The number of hydrogen-bond donors (Lipinski definition) is 0. The van der Waals surface area contributed by atoms with Crippen LogP contribution >= 0.6 is 0 Å². The standard InChI is InChI=1S/C8H10O3/c1-2-4-8(11-7-10)5-3-6-9/h6-8H,2,4H2,1H3. The molecule has 0 rings (SSSR count). The minimum Gasteiger partial charge on any atom is -0.451 e. The first-order valence-corrected chi connectivity index (χ1v) is 3.39. The van der Waals surface area contributed by atoms with E-state index in [0.29, 0.717) is 19.2 Å². The minimum absolute atomic E-state index is 0.347. The molecule has 0 aromatic heterocycles. The van der Waals surface area contributed by atoms with Crippen LogP contribution in [0.2, 0.25) is 0 Å². The minimum atomic E-state index is -0.428. The number of ether oxygens (including phenoxy) is 1. The van der Waals surface area contributed by atoms with Crippen LogP contribution in [-0.2, 0) is 14.3 Å². The Morgan fingerprint density at radius 3 is 2.73 bits per heavy atom. The van der Waals surface area contributed by atoms with Crippen molar-refractivity contribution in [2.75, 3.05) is 0 Å². The highest BCUT2D eigenvalue weighted by atomic mass is 16.5. The first kappa shape index (κ1) is 9.70. The van der Waals surface area contributed by atoms with Crippen molar-refractivity contribution in [3.8, 4) is 11.8 Å². The average molecular weight is 154 g/mol. The lowest BCUT2D eigenvalue weighted by atomic mass is 10.2. The van der Waals surface area contributed by atoms with E-state index < -0.39 is 6.10 Å². The van der Waals surface area contributed by atoms with Gasteiger partial charge in [-0.1, -0.05) is 19.3 Å². The molecule has 11 heavy (non-hydrogen) atoms. The number of carbonyl (C=O) groups is 2. The largest absolute Gasteiger partial charge is 0.451 e. The van der Waals surface area contributed by atoms with Crippen LogP contribution in [0.4, 0.5) is 0 Å². The van der Waals surface area contributed by atoms with E-state index in [9.17, 15) is 9.59 Å². The molecule has 0 aliphatic heterocycles. The molecule has 0 aliphatic carbocycles. The van der Waals surface area contributed by atoms with Gasteiger partial charge in [0.05, 0.1) is 0 Å². The van der Waals surface area contributed by atoms with Crippen molar-refractivity contribution in [1.82, 2.24) is 0 Å². The van der Waals surface area contributed by atoms with E-state index in [1.54, 1.807) is 0 Å². The van der Waals surface area contributed by atoms with Crippen LogP contribution in [0.1, 0.15) is 19.8 Å². The lowest BCUT2D eigenvalue weighted by molar-refractivity contribution is -0.131. The molecule has 1 unspecified atom stereocenters. The zero-order valence-corrected chi connectivity index (χ0v) is 6.37. The summed E-state index contributed by atoms with van der Waals surface area (Å²) in [5.74, 6) is 4.70. The fourth-order valence-corrected chi connectivity index (χ4v) is 0.630. The Bertz CT molecular complexity index is 176. The topological polar surface area (TPSA) is 43.4 Å². The molecule has 0 spiro atoms. The number of rotatable bonds is 4. The summed E-state index contributed by atoms with van der Waals surface area (Å²) in [6.45, 7) is 2.30. The highest BCUT2D eigenvalue weighted by Gasteiger charge is 2.01. The maximum Gasteiger partial charge on any atom is 0.294 e. The lowest BCUT2D eigenvalue weighted by Gasteiger charge is -2.04. The van der Waals surface area contributed by atoms with Crippen LogP contribution in [0.5, 0.6) is 0 Å². The molecular formula is C8H10O3. The molecule has 0 heterocycles. The van der Waals surface area contributed by atoms with Gasteiger partial charge in [-0.25, -0.2) is 0 Å². The molecule has 1 atom stereocenters. The van der Waals surface area contributed by atoms with E-state index in [2.05, 4.69) is 16.6 Å². The molecular weight excluding hydrogens is 144 g/mol. The van der Waals surface area contributed by atoms with Crippen molar-refractivity contribution in [1.29, 1.82) is 0 Å². The summed E-state index contributed by atoms with van der Waals surface area (Å²) in [7, 11) is 0. The molecule has 0 fully saturated rings. The van der Waals surface area contributed by atoms with Gasteiger partial charge in [-0.3, -0.25) is 9.59 Å². The van der Waals surface area contributed by atoms with E-state index in [-0.39, 0.29) is 0 Å². The molecule has 60 valence electrons. The van der Waals surface area contributed by atoms with E-state index in [1.807, 2.05) is 6.92 Å². The number of aldehydes is 1. The highest BCUT2D eigenvalue weighted by Crippen LogP contribution is 1.98. The van der Waals surface area contributed by atoms with Gasteiger partial charge in [0, 0.05) is 0 Å². The van der Waals surface area contributed by atoms with Crippen molar-refractivity contribution in [2.24, 2.45) is 0 Å². The summed E-state index contributed by atoms with van der Waals surface area (Å²) < 4.78 is 4.57. The average Bonchev–Trinajstić information content (AvgIpc) is 2.01. The van der Waals surface area contributed by atoms with Crippen molar-refractivity contribution >= 4 is 12.8 Å². The molecule has 0 amide bonds. The maximum atomic E-state index is 9.87. The second-order valence-electron chi connectivity index (χ2n) is 1.92. The van der Waals surface area contributed by atoms with E-state index >= 15 is 0 Å². The van der Waals surface area contributed by atoms with Gasteiger partial charge in [0.25, 0.3) is 6.47 Å². The van der Waals surface area contributed by atoms with Gasteiger partial charge in [-0.15, -0.1) is 0 Å². The predicted molar refractivity (Wildman–Crippen MR) is 39.7 cm³/mol. The zero-order valence-electron chi connectivity index (χ0n) is 6.37. The van der Waals surface area contributed by atoms with Crippen molar-refractivity contribution in [2.45, 2.75) is 25.9 Å². The smallest absolute Gasteiger partial charge is 0.294 e. The first-order valence-electron chi connectivity index (χ1n) is 3.39. The Kier molecular flexibility index (Phi) is 6.01. The maximum absolute atomic E-state index is 9.87. The summed E-state index contributed by atoms with van der Waals surface area (Å²) in [6.07, 6.45) is 1.59. The SMILES string of the molecule is CCCC(C#CC=O)OC=O.